The molecule has 0 saturated carbocycles. The highest BCUT2D eigenvalue weighted by molar-refractivity contribution is 6.37. The molecule has 2 aromatic heterocycles. The minimum Gasteiger partial charge on any atom is -0.489 e. The molecule has 2 aromatic carbocycles. The second-order valence-corrected chi connectivity index (χ2v) is 9.09. The molecule has 9 nitrogen and oxygen atoms in total. The van der Waals surface area contributed by atoms with Crippen LogP contribution in [0.4, 0.5) is 15.0 Å². The first-order valence-corrected chi connectivity index (χ1v) is 11.2. The topological polar surface area (TPSA) is 107 Å². The van der Waals surface area contributed by atoms with Gasteiger partial charge in [-0.2, -0.15) is 0 Å². The third kappa shape index (κ3) is 2.84. The van der Waals surface area contributed by atoms with Gasteiger partial charge in [-0.25, -0.2) is 24.1 Å². The van der Waals surface area contributed by atoms with Gasteiger partial charge in [-0.1, -0.05) is 17.7 Å². The van der Waals surface area contributed by atoms with E-state index in [-0.39, 0.29) is 41.3 Å². The Bertz CT molecular complexity index is 1490. The number of carbonyl (C=O) groups is 1. The Hall–Kier alpha value is -3.66. The summed E-state index contributed by atoms with van der Waals surface area (Å²) in [7, 11) is 0. The van der Waals surface area contributed by atoms with Crippen molar-refractivity contribution in [3.63, 3.8) is 0 Å². The summed E-state index contributed by atoms with van der Waals surface area (Å²) in [5.41, 5.74) is 2.99. The lowest BCUT2D eigenvalue weighted by Crippen LogP contribution is -2.60. The summed E-state index contributed by atoms with van der Waals surface area (Å²) < 4.78 is 22.3. The van der Waals surface area contributed by atoms with Crippen LogP contribution >= 0.6 is 11.6 Å². The molecule has 34 heavy (non-hydrogen) atoms. The van der Waals surface area contributed by atoms with Crippen molar-refractivity contribution < 1.29 is 19.0 Å². The summed E-state index contributed by atoms with van der Waals surface area (Å²) in [6, 6.07) is 3.17. The van der Waals surface area contributed by atoms with Crippen LogP contribution in [0.15, 0.2) is 24.8 Å². The van der Waals surface area contributed by atoms with Gasteiger partial charge >= 0.3 is 6.09 Å². The number of halogens is 2. The molecule has 4 heterocycles. The second kappa shape index (κ2) is 7.42. The monoisotopic (exact) mass is 482 g/mol. The molecule has 1 saturated heterocycles. The van der Waals surface area contributed by atoms with Crippen LogP contribution in [-0.4, -0.2) is 67.8 Å². The van der Waals surface area contributed by atoms with Gasteiger partial charge in [-0.05, 0) is 25.5 Å². The van der Waals surface area contributed by atoms with Crippen molar-refractivity contribution in [2.75, 3.05) is 24.6 Å². The van der Waals surface area contributed by atoms with Crippen molar-refractivity contribution in [1.82, 2.24) is 24.8 Å². The van der Waals surface area contributed by atoms with Gasteiger partial charge in [0.25, 0.3) is 0 Å². The second-order valence-electron chi connectivity index (χ2n) is 8.71. The van der Waals surface area contributed by atoms with Crippen LogP contribution in [0.2, 0.25) is 5.02 Å². The van der Waals surface area contributed by atoms with Crippen molar-refractivity contribution >= 4 is 45.4 Å². The number of hydrogen-bond donors (Lipinski definition) is 2. The van der Waals surface area contributed by atoms with Crippen LogP contribution in [0.5, 0.6) is 5.75 Å². The number of benzene rings is 2. The van der Waals surface area contributed by atoms with E-state index >= 15 is 4.39 Å². The van der Waals surface area contributed by atoms with Crippen LogP contribution in [0, 0.1) is 12.7 Å². The minimum absolute atomic E-state index is 0.0975. The molecule has 174 valence electrons. The predicted octanol–water partition coefficient (Wildman–Crippen LogP) is 4.22. The Labute approximate surface area is 198 Å². The molecule has 4 aromatic rings. The summed E-state index contributed by atoms with van der Waals surface area (Å²) in [5, 5.41) is 10.1. The Kier molecular flexibility index (Phi) is 4.57. The Morgan fingerprint density at radius 2 is 2.06 bits per heavy atom. The third-order valence-corrected chi connectivity index (χ3v) is 7.09. The average molecular weight is 483 g/mol. The number of ether oxygens (including phenoxy) is 1. The smallest absolute Gasteiger partial charge is 0.407 e. The molecule has 1 amide bonds. The largest absolute Gasteiger partial charge is 0.489 e. The van der Waals surface area contributed by atoms with E-state index < -0.39 is 11.9 Å². The van der Waals surface area contributed by atoms with E-state index in [1.165, 1.54) is 11.2 Å². The number of aromatic nitrogens is 4. The maximum Gasteiger partial charge on any atom is 0.407 e. The number of H-pyrrole nitrogens is 1. The molecular formula is C23H20ClFN6O3. The van der Waals surface area contributed by atoms with Crippen LogP contribution in [0.25, 0.3) is 33.1 Å². The van der Waals surface area contributed by atoms with E-state index in [4.69, 9.17) is 16.3 Å². The summed E-state index contributed by atoms with van der Waals surface area (Å²) in [5.74, 6) is 0.200. The SMILES string of the molecule is Cc1ccc2[nH]cnc2c1-c1c(Cl)c2c3c(ncnc3c1F)N1C[C@@H](C)N(C(=O)O)C[C@H]1CO2. The summed E-state index contributed by atoms with van der Waals surface area (Å²) in [6.07, 6.45) is 1.89. The molecule has 0 bridgehead atoms. The molecule has 0 spiro atoms. The number of anilines is 1. The third-order valence-electron chi connectivity index (χ3n) is 6.73. The Morgan fingerprint density at radius 1 is 1.24 bits per heavy atom. The van der Waals surface area contributed by atoms with Gasteiger partial charge in [-0.15, -0.1) is 0 Å². The first-order valence-electron chi connectivity index (χ1n) is 10.8. The molecule has 0 aliphatic carbocycles. The Balaban J connectivity index is 1.61. The van der Waals surface area contributed by atoms with Gasteiger partial charge in [0.05, 0.1) is 33.8 Å². The number of fused-ring (bicyclic) bond motifs is 3. The number of nitrogens with zero attached hydrogens (tertiary/aromatic N) is 5. The lowest BCUT2D eigenvalue weighted by Gasteiger charge is -2.43. The molecule has 0 unspecified atom stereocenters. The van der Waals surface area contributed by atoms with Crippen molar-refractivity contribution in [3.05, 3.63) is 41.2 Å². The van der Waals surface area contributed by atoms with E-state index in [0.717, 1.165) is 11.1 Å². The molecule has 2 aliphatic rings. The van der Waals surface area contributed by atoms with Gasteiger partial charge in [0.1, 0.15) is 24.3 Å². The first-order chi connectivity index (χ1) is 16.4. The zero-order valence-electron chi connectivity index (χ0n) is 18.3. The number of rotatable bonds is 1. The standard InChI is InChI=1S/C23H20ClFN6O3/c1-10-3-4-13-19(27-8-26-13)14(10)15-17(24)21-16-20(18(15)25)28-9-29-22(16)31-5-11(2)30(23(32)33)6-12(31)7-34-21/h3-4,8-9,11-12H,5-7H2,1-2H3,(H,26,27)(H,32,33)/t11-,12+/m1/s1. The van der Waals surface area contributed by atoms with Crippen LogP contribution < -0.4 is 9.64 Å². The van der Waals surface area contributed by atoms with Gasteiger partial charge in [0.15, 0.2) is 11.6 Å². The molecule has 6 rings (SSSR count). The summed E-state index contributed by atoms with van der Waals surface area (Å²) in [4.78, 5) is 31.2. The lowest BCUT2D eigenvalue weighted by atomic mass is 9.96. The van der Waals surface area contributed by atoms with Crippen molar-refractivity contribution in [1.29, 1.82) is 0 Å². The maximum absolute atomic E-state index is 16.2. The normalized spacial score (nSPS) is 19.8. The highest BCUT2D eigenvalue weighted by Crippen LogP contribution is 2.49. The minimum atomic E-state index is -0.990. The quantitative estimate of drug-likeness (QED) is 0.418. The van der Waals surface area contributed by atoms with Crippen LogP contribution in [0.3, 0.4) is 0 Å². The van der Waals surface area contributed by atoms with Crippen molar-refractivity contribution in [2.45, 2.75) is 25.9 Å². The maximum atomic E-state index is 16.2. The zero-order valence-corrected chi connectivity index (χ0v) is 19.1. The number of hydrogen-bond acceptors (Lipinski definition) is 6. The number of carboxylic acid groups (broad SMARTS) is 1. The highest BCUT2D eigenvalue weighted by atomic mass is 35.5. The van der Waals surface area contributed by atoms with Crippen LogP contribution in [-0.2, 0) is 0 Å². The van der Waals surface area contributed by atoms with E-state index in [1.54, 1.807) is 6.33 Å². The fourth-order valence-corrected chi connectivity index (χ4v) is 5.40. The van der Waals surface area contributed by atoms with E-state index in [1.807, 2.05) is 30.9 Å². The fraction of sp³-hybridized carbons (Fsp3) is 0.304. The van der Waals surface area contributed by atoms with Gasteiger partial charge in [0, 0.05) is 30.3 Å². The van der Waals surface area contributed by atoms with E-state index in [0.29, 0.717) is 34.6 Å². The molecule has 1 fully saturated rings. The van der Waals surface area contributed by atoms with Gasteiger partial charge in [0.2, 0.25) is 0 Å². The molecule has 2 N–H and O–H groups in total. The summed E-state index contributed by atoms with van der Waals surface area (Å²) in [6.45, 7) is 4.49. The van der Waals surface area contributed by atoms with Crippen LogP contribution in [0.1, 0.15) is 12.5 Å². The van der Waals surface area contributed by atoms with Gasteiger partial charge < -0.3 is 24.6 Å². The van der Waals surface area contributed by atoms with E-state index in [9.17, 15) is 9.90 Å². The average Bonchev–Trinajstić information content (AvgIpc) is 3.22. The molecule has 2 atom stereocenters. The molecule has 11 heteroatoms. The fourth-order valence-electron chi connectivity index (χ4n) is 5.07. The molecular weight excluding hydrogens is 463 g/mol. The zero-order chi connectivity index (χ0) is 23.7. The lowest BCUT2D eigenvalue weighted by molar-refractivity contribution is 0.105. The number of imidazole rings is 1. The number of nitrogens with one attached hydrogen (secondary N) is 1. The highest BCUT2D eigenvalue weighted by Gasteiger charge is 2.39. The number of amides is 1. The van der Waals surface area contributed by atoms with Crippen molar-refractivity contribution in [3.8, 4) is 16.9 Å². The predicted molar refractivity (Wildman–Crippen MR) is 125 cm³/mol. The summed E-state index contributed by atoms with van der Waals surface area (Å²) >= 11 is 6.87. The van der Waals surface area contributed by atoms with Crippen molar-refractivity contribution in [2.24, 2.45) is 0 Å². The molecule has 2 aliphatic heterocycles. The number of aryl methyl sites for hydroxylation is 1. The number of aromatic amines is 1. The molecule has 0 radical (unpaired) electrons. The van der Waals surface area contributed by atoms with Gasteiger partial charge in [-0.3, -0.25) is 0 Å². The Morgan fingerprint density at radius 3 is 2.85 bits per heavy atom. The first kappa shape index (κ1) is 20.9. The number of piperazine rings is 1. The van der Waals surface area contributed by atoms with E-state index in [2.05, 4.69) is 19.9 Å².